The van der Waals surface area contributed by atoms with E-state index in [4.69, 9.17) is 23.2 Å². The fourth-order valence-electron chi connectivity index (χ4n) is 2.82. The molecule has 8 heteroatoms. The normalized spacial score (nSPS) is 18.0. The molecule has 0 unspecified atom stereocenters. The zero-order chi connectivity index (χ0) is 20.3. The summed E-state index contributed by atoms with van der Waals surface area (Å²) in [4.78, 5) is 26.8. The molecule has 1 heterocycles. The number of para-hydroxylation sites is 1. The number of likely N-dealkylation sites (N-methyl/N-ethyl adjacent to an activating group) is 1. The van der Waals surface area contributed by atoms with Gasteiger partial charge in [-0.05, 0) is 42.3 Å². The third kappa shape index (κ3) is 4.02. The molecule has 3 rings (SSSR count). The second-order valence-corrected chi connectivity index (χ2v) is 7.96. The van der Waals surface area contributed by atoms with Crippen molar-refractivity contribution in [2.75, 3.05) is 11.9 Å². The van der Waals surface area contributed by atoms with E-state index < -0.39 is 11.2 Å². The van der Waals surface area contributed by atoms with Crippen LogP contribution in [-0.2, 0) is 16.0 Å². The van der Waals surface area contributed by atoms with Crippen LogP contribution < -0.4 is 10.2 Å². The summed E-state index contributed by atoms with van der Waals surface area (Å²) < 4.78 is 0. The van der Waals surface area contributed by atoms with Crippen LogP contribution in [0.15, 0.2) is 59.1 Å². The van der Waals surface area contributed by atoms with Crippen LogP contribution in [0.3, 0.4) is 0 Å². The third-order valence-corrected chi connectivity index (χ3v) is 6.03. The second kappa shape index (κ2) is 8.70. The van der Waals surface area contributed by atoms with Crippen LogP contribution in [0.1, 0.15) is 5.56 Å². The summed E-state index contributed by atoms with van der Waals surface area (Å²) in [6.45, 7) is 0. The summed E-state index contributed by atoms with van der Waals surface area (Å²) in [6, 6.07) is 15.9. The SMILES string of the molecule is CNC(=O)/C(C#N)=C1/S[C@@H](Cc2cc(Cl)ccc2Cl)C(=O)N1c1ccccc1. The number of benzene rings is 2. The van der Waals surface area contributed by atoms with Crippen LogP contribution in [0.2, 0.25) is 10.0 Å². The Labute approximate surface area is 176 Å². The maximum Gasteiger partial charge on any atom is 0.264 e. The molecule has 1 N–H and O–H groups in total. The van der Waals surface area contributed by atoms with Crippen molar-refractivity contribution in [3.8, 4) is 6.07 Å². The summed E-state index contributed by atoms with van der Waals surface area (Å²) in [5, 5.41) is 12.8. The van der Waals surface area contributed by atoms with Crippen molar-refractivity contribution in [3.05, 3.63) is 74.7 Å². The monoisotopic (exact) mass is 431 g/mol. The highest BCUT2D eigenvalue weighted by Gasteiger charge is 2.40. The van der Waals surface area contributed by atoms with E-state index in [1.807, 2.05) is 12.1 Å². The first kappa shape index (κ1) is 20.3. The number of carbonyl (C=O) groups is 2. The van der Waals surface area contributed by atoms with E-state index in [9.17, 15) is 14.9 Å². The van der Waals surface area contributed by atoms with E-state index in [0.29, 0.717) is 27.2 Å². The number of amides is 2. The molecule has 2 amide bonds. The molecule has 0 aromatic heterocycles. The Morgan fingerprint density at radius 1 is 1.25 bits per heavy atom. The number of hydrogen-bond donors (Lipinski definition) is 1. The average molecular weight is 432 g/mol. The van der Waals surface area contributed by atoms with Crippen molar-refractivity contribution in [1.82, 2.24) is 5.32 Å². The molecule has 0 saturated carbocycles. The predicted octanol–water partition coefficient (Wildman–Crippen LogP) is 4.17. The van der Waals surface area contributed by atoms with Crippen molar-refractivity contribution >= 4 is 52.5 Å². The van der Waals surface area contributed by atoms with Crippen molar-refractivity contribution < 1.29 is 9.59 Å². The summed E-state index contributed by atoms with van der Waals surface area (Å²) in [6.07, 6.45) is 0.322. The van der Waals surface area contributed by atoms with Gasteiger partial charge in [-0.3, -0.25) is 14.5 Å². The van der Waals surface area contributed by atoms with E-state index in [-0.39, 0.29) is 11.5 Å². The van der Waals surface area contributed by atoms with Gasteiger partial charge in [0.2, 0.25) is 5.91 Å². The van der Waals surface area contributed by atoms with Gasteiger partial charge in [0.05, 0.1) is 5.25 Å². The fourth-order valence-corrected chi connectivity index (χ4v) is 4.51. The molecular formula is C20H15Cl2N3O2S. The smallest absolute Gasteiger partial charge is 0.264 e. The number of hydrogen-bond acceptors (Lipinski definition) is 4. The average Bonchev–Trinajstić information content (AvgIpc) is 3.01. The molecule has 0 spiro atoms. The van der Waals surface area contributed by atoms with Gasteiger partial charge < -0.3 is 5.32 Å². The molecule has 142 valence electrons. The predicted molar refractivity (Wildman–Crippen MR) is 112 cm³/mol. The lowest BCUT2D eigenvalue weighted by atomic mass is 10.1. The third-order valence-electron chi connectivity index (χ3n) is 4.16. The minimum absolute atomic E-state index is 0.107. The Morgan fingerprint density at radius 2 is 1.96 bits per heavy atom. The minimum Gasteiger partial charge on any atom is -0.354 e. The van der Waals surface area contributed by atoms with E-state index >= 15 is 0 Å². The first-order chi connectivity index (χ1) is 13.5. The molecule has 0 bridgehead atoms. The first-order valence-corrected chi connectivity index (χ1v) is 9.96. The Kier molecular flexibility index (Phi) is 6.30. The van der Waals surface area contributed by atoms with Gasteiger partial charge in [-0.25, -0.2) is 0 Å². The van der Waals surface area contributed by atoms with E-state index in [2.05, 4.69) is 5.32 Å². The Hall–Kier alpha value is -2.46. The highest BCUT2D eigenvalue weighted by Crippen LogP contribution is 2.42. The van der Waals surface area contributed by atoms with Gasteiger partial charge in [-0.1, -0.05) is 53.2 Å². The number of nitrogens with zero attached hydrogens (tertiary/aromatic N) is 2. The van der Waals surface area contributed by atoms with Crippen LogP contribution in [0.4, 0.5) is 5.69 Å². The van der Waals surface area contributed by atoms with E-state index in [1.165, 1.54) is 23.7 Å². The molecule has 1 aliphatic heterocycles. The molecule has 28 heavy (non-hydrogen) atoms. The fraction of sp³-hybridized carbons (Fsp3) is 0.150. The first-order valence-electron chi connectivity index (χ1n) is 8.32. The van der Waals surface area contributed by atoms with Crippen LogP contribution in [-0.4, -0.2) is 24.1 Å². The topological polar surface area (TPSA) is 73.2 Å². The lowest BCUT2D eigenvalue weighted by molar-refractivity contribution is -0.117. The van der Waals surface area contributed by atoms with Gasteiger partial charge >= 0.3 is 0 Å². The standard InChI is InChI=1S/C20H15Cl2N3O2S/c1-24-18(26)15(11-23)20-25(14-5-3-2-4-6-14)19(27)17(28-20)10-12-9-13(21)7-8-16(12)22/h2-9,17H,10H2,1H3,(H,24,26)/b20-15+/t17-/m0/s1. The molecule has 5 nitrogen and oxygen atoms in total. The molecule has 0 radical (unpaired) electrons. The molecule has 2 aromatic rings. The number of halogens is 2. The van der Waals surface area contributed by atoms with Gasteiger partial charge in [0.25, 0.3) is 5.91 Å². The lowest BCUT2D eigenvalue weighted by Gasteiger charge is -2.18. The lowest BCUT2D eigenvalue weighted by Crippen LogP contribution is -2.31. The number of carbonyl (C=O) groups excluding carboxylic acids is 2. The largest absolute Gasteiger partial charge is 0.354 e. The summed E-state index contributed by atoms with van der Waals surface area (Å²) in [7, 11) is 1.44. The van der Waals surface area contributed by atoms with Crippen molar-refractivity contribution in [3.63, 3.8) is 0 Å². The molecule has 1 aliphatic rings. The van der Waals surface area contributed by atoms with Crippen molar-refractivity contribution in [1.29, 1.82) is 5.26 Å². The van der Waals surface area contributed by atoms with Crippen LogP contribution in [0.25, 0.3) is 0 Å². The highest BCUT2D eigenvalue weighted by molar-refractivity contribution is 8.05. The van der Waals surface area contributed by atoms with Crippen molar-refractivity contribution in [2.45, 2.75) is 11.7 Å². The molecule has 2 aromatic carbocycles. The van der Waals surface area contributed by atoms with Crippen LogP contribution in [0.5, 0.6) is 0 Å². The Bertz CT molecular complexity index is 1000. The van der Waals surface area contributed by atoms with Gasteiger partial charge in [-0.15, -0.1) is 0 Å². The molecule has 1 atom stereocenters. The number of anilines is 1. The maximum absolute atomic E-state index is 13.2. The summed E-state index contributed by atoms with van der Waals surface area (Å²) in [5.74, 6) is -0.765. The van der Waals surface area contributed by atoms with Gasteiger partial charge in [-0.2, -0.15) is 5.26 Å². The number of thioether (sulfide) groups is 1. The van der Waals surface area contributed by atoms with Crippen LogP contribution in [0, 0.1) is 11.3 Å². The van der Waals surface area contributed by atoms with Crippen LogP contribution >= 0.6 is 35.0 Å². The van der Waals surface area contributed by atoms with E-state index in [0.717, 1.165) is 5.56 Å². The zero-order valence-electron chi connectivity index (χ0n) is 14.8. The summed E-state index contributed by atoms with van der Waals surface area (Å²) >= 11 is 13.5. The van der Waals surface area contributed by atoms with Gasteiger partial charge in [0.1, 0.15) is 16.7 Å². The van der Waals surface area contributed by atoms with Gasteiger partial charge in [0.15, 0.2) is 0 Å². The number of nitrogens with one attached hydrogen (secondary N) is 1. The minimum atomic E-state index is -0.542. The number of nitriles is 1. The molecular weight excluding hydrogens is 417 g/mol. The van der Waals surface area contributed by atoms with Gasteiger partial charge in [0, 0.05) is 22.8 Å². The maximum atomic E-state index is 13.2. The molecule has 0 aliphatic carbocycles. The Morgan fingerprint density at radius 3 is 2.61 bits per heavy atom. The molecule has 1 saturated heterocycles. The van der Waals surface area contributed by atoms with E-state index in [1.54, 1.807) is 42.5 Å². The zero-order valence-corrected chi connectivity index (χ0v) is 17.1. The molecule has 1 fully saturated rings. The quantitative estimate of drug-likeness (QED) is 0.582. The highest BCUT2D eigenvalue weighted by atomic mass is 35.5. The Balaban J connectivity index is 2.05. The van der Waals surface area contributed by atoms with Crippen molar-refractivity contribution in [2.24, 2.45) is 0 Å². The second-order valence-electron chi connectivity index (χ2n) is 5.93. The number of rotatable bonds is 4. The summed E-state index contributed by atoms with van der Waals surface area (Å²) in [5.41, 5.74) is 1.21.